The van der Waals surface area contributed by atoms with Gasteiger partial charge in [-0.15, -0.1) is 0 Å². The minimum absolute atomic E-state index is 0.0231. The molecular weight excluding hydrogens is 1570 g/mol. The van der Waals surface area contributed by atoms with Gasteiger partial charge < -0.3 is 63.5 Å². The van der Waals surface area contributed by atoms with Gasteiger partial charge in [0.2, 0.25) is 53.9 Å². The van der Waals surface area contributed by atoms with Crippen LogP contribution in [0.15, 0.2) is 48.1 Å². The fourth-order valence-electron chi connectivity index (χ4n) is 19.5. The van der Waals surface area contributed by atoms with Crippen molar-refractivity contribution in [3.8, 4) is 0 Å². The number of carbonyl (C=O) groups excluding carboxylic acids is 16. The van der Waals surface area contributed by atoms with Crippen molar-refractivity contribution in [1.29, 1.82) is 0 Å². The van der Waals surface area contributed by atoms with E-state index in [0.717, 1.165) is 15.4 Å². The molecule has 5 rings (SSSR count). The second kappa shape index (κ2) is 44.8. The smallest absolute Gasteiger partial charge is 0.454 e. The summed E-state index contributed by atoms with van der Waals surface area (Å²) in [5.41, 5.74) is -2.72. The molecule has 0 bridgehead atoms. The molecule has 7 amide bonds. The summed E-state index contributed by atoms with van der Waals surface area (Å²) in [6.45, 7) is 31.1. The van der Waals surface area contributed by atoms with Gasteiger partial charge in [-0.1, -0.05) is 148 Å². The number of ether oxygens (including phenoxy) is 4. The molecular formula is C93H145N7O22. The Morgan fingerprint density at radius 1 is 0.566 bits per heavy atom. The first-order valence-corrected chi connectivity index (χ1v) is 44.0. The van der Waals surface area contributed by atoms with Crippen molar-refractivity contribution in [2.75, 3.05) is 69.3 Å². The van der Waals surface area contributed by atoms with E-state index in [0.29, 0.717) is 31.4 Å². The Balaban J connectivity index is 1.53. The summed E-state index contributed by atoms with van der Waals surface area (Å²) in [4.78, 5) is 241. The Bertz CT molecular complexity index is 3930. The summed E-state index contributed by atoms with van der Waals surface area (Å²) < 4.78 is 21.8. The average Bonchev–Trinajstić information content (AvgIpc) is 1.49. The first-order valence-electron chi connectivity index (χ1n) is 44.0. The predicted octanol–water partition coefficient (Wildman–Crippen LogP) is 9.97. The Morgan fingerprint density at radius 3 is 1.61 bits per heavy atom. The van der Waals surface area contributed by atoms with Gasteiger partial charge >= 0.3 is 18.1 Å². The van der Waals surface area contributed by atoms with E-state index in [1.165, 1.54) is 79.9 Å². The van der Waals surface area contributed by atoms with Gasteiger partial charge in [0.1, 0.15) is 41.7 Å². The number of Topliss-reactive ketones (excluding diaryl/α,β-unsaturated/α-hetero) is 5. The number of likely N-dealkylation sites (N-methyl/N-ethyl adjacent to an activating group) is 7. The lowest BCUT2D eigenvalue weighted by Crippen LogP contribution is -2.62. The quantitative estimate of drug-likeness (QED) is 0.0316. The zero-order chi connectivity index (χ0) is 92.6. The van der Waals surface area contributed by atoms with Gasteiger partial charge in [-0.05, 0) is 143 Å². The molecule has 3 saturated carbocycles. The third-order valence-corrected chi connectivity index (χ3v) is 26.7. The number of ketones is 6. The van der Waals surface area contributed by atoms with Crippen LogP contribution in [0.25, 0.3) is 0 Å². The van der Waals surface area contributed by atoms with Crippen LogP contribution in [0.4, 0.5) is 4.79 Å². The monoisotopic (exact) mass is 1710 g/mol. The lowest BCUT2D eigenvalue weighted by molar-refractivity contribution is -0.180. The molecule has 1 saturated heterocycles. The van der Waals surface area contributed by atoms with Crippen molar-refractivity contribution in [2.45, 2.75) is 282 Å². The van der Waals surface area contributed by atoms with E-state index in [1.807, 2.05) is 68.4 Å². The van der Waals surface area contributed by atoms with Gasteiger partial charge in [0, 0.05) is 128 Å². The predicted molar refractivity (Wildman–Crippen MR) is 458 cm³/mol. The van der Waals surface area contributed by atoms with E-state index in [1.54, 1.807) is 87.5 Å². The number of esters is 2. The second-order valence-corrected chi connectivity index (χ2v) is 38.4. The molecule has 0 aromatic rings. The molecule has 0 aromatic heterocycles. The summed E-state index contributed by atoms with van der Waals surface area (Å²) >= 11 is 0. The molecule has 29 heteroatoms. The molecule has 122 heavy (non-hydrogen) atoms. The van der Waals surface area contributed by atoms with E-state index in [-0.39, 0.29) is 118 Å². The molecule has 4 aliphatic carbocycles. The Labute approximate surface area is 723 Å². The van der Waals surface area contributed by atoms with Crippen LogP contribution in [-0.4, -0.2) is 262 Å². The number of amides is 7. The van der Waals surface area contributed by atoms with E-state index < -0.39 is 221 Å². The van der Waals surface area contributed by atoms with Crippen LogP contribution in [0.2, 0.25) is 0 Å². The largest absolute Gasteiger partial charge is 0.511 e. The number of rotatable bonds is 23. The van der Waals surface area contributed by atoms with Crippen LogP contribution in [-0.2, 0) is 90.9 Å². The lowest BCUT2D eigenvalue weighted by atomic mass is 9.46. The fraction of sp³-hybridized carbons (Fsp3) is 0.742. The molecule has 0 aromatic carbocycles. The van der Waals surface area contributed by atoms with Gasteiger partial charge in [-0.3, -0.25) is 62.3 Å². The number of hydrogen-bond donors (Lipinski definition) is 2. The summed E-state index contributed by atoms with van der Waals surface area (Å²) in [6.07, 6.45) is 6.50. The maximum atomic E-state index is 15.9. The zero-order valence-electron chi connectivity index (χ0n) is 77.7. The molecule has 1 heterocycles. The molecule has 29 nitrogen and oxygen atoms in total. The van der Waals surface area contributed by atoms with E-state index in [9.17, 15) is 67.7 Å². The minimum Gasteiger partial charge on any atom is -0.454 e. The number of hydrogen-bond acceptors (Lipinski definition) is 22. The number of fused-ring (bicyclic) bond motifs is 5. The maximum absolute atomic E-state index is 15.9. The van der Waals surface area contributed by atoms with Gasteiger partial charge in [-0.2, -0.15) is 0 Å². The normalized spacial score (nSPS) is 30.7. The van der Waals surface area contributed by atoms with Crippen LogP contribution < -0.4 is 0 Å². The van der Waals surface area contributed by atoms with Gasteiger partial charge in [0.25, 0.3) is 0 Å². The highest BCUT2D eigenvalue weighted by molar-refractivity contribution is 6.02. The molecule has 1 aliphatic heterocycles. The Kier molecular flexibility index (Phi) is 38.2. The summed E-state index contributed by atoms with van der Waals surface area (Å²) in [6, 6.07) is -7.82. The third kappa shape index (κ3) is 25.1. The lowest BCUT2D eigenvalue weighted by Gasteiger charge is -2.59. The maximum Gasteiger partial charge on any atom is 0.511 e. The van der Waals surface area contributed by atoms with Crippen molar-refractivity contribution in [3.05, 3.63) is 48.1 Å². The number of allylic oxidation sites excluding steroid dienone is 6. The van der Waals surface area contributed by atoms with E-state index >= 15 is 19.2 Å². The molecule has 4 fully saturated rings. The van der Waals surface area contributed by atoms with Crippen LogP contribution in [0, 0.1) is 93.7 Å². The van der Waals surface area contributed by atoms with E-state index in [4.69, 9.17) is 18.9 Å². The highest BCUT2D eigenvalue weighted by Crippen LogP contribution is 2.67. The first-order chi connectivity index (χ1) is 56.7. The summed E-state index contributed by atoms with van der Waals surface area (Å²) in [5.74, 6) is -17.5. The Morgan fingerprint density at radius 2 is 1.07 bits per heavy atom. The first kappa shape index (κ1) is 104. The molecule has 0 radical (unpaired) electrons. The van der Waals surface area contributed by atoms with Crippen LogP contribution >= 0.6 is 0 Å². The minimum atomic E-state index is -1.98. The van der Waals surface area contributed by atoms with Gasteiger partial charge in [0.15, 0.2) is 29.7 Å². The number of aliphatic hydroxyl groups is 2. The van der Waals surface area contributed by atoms with Crippen LogP contribution in [0.3, 0.4) is 0 Å². The van der Waals surface area contributed by atoms with Crippen molar-refractivity contribution in [1.82, 2.24) is 34.3 Å². The molecule has 19 atom stereocenters. The number of nitrogens with zero attached hydrogens (tertiary/aromatic N) is 7. The van der Waals surface area contributed by atoms with Crippen molar-refractivity contribution >= 4 is 94.1 Å². The van der Waals surface area contributed by atoms with Gasteiger partial charge in [0.05, 0.1) is 24.7 Å². The molecule has 0 spiro atoms. The van der Waals surface area contributed by atoms with Gasteiger partial charge in [-0.25, -0.2) is 14.4 Å². The molecule has 684 valence electrons. The topological polar surface area (TPSA) is 373 Å². The Hall–Kier alpha value is -8.60. The fourth-order valence-corrected chi connectivity index (χ4v) is 19.5. The van der Waals surface area contributed by atoms with Crippen molar-refractivity contribution in [3.63, 3.8) is 0 Å². The van der Waals surface area contributed by atoms with Crippen LogP contribution in [0.1, 0.15) is 228 Å². The summed E-state index contributed by atoms with van der Waals surface area (Å²) in [7, 11) is 9.84. The van der Waals surface area contributed by atoms with Crippen molar-refractivity contribution in [2.24, 2.45) is 93.7 Å². The van der Waals surface area contributed by atoms with Crippen LogP contribution in [0.5, 0.6) is 0 Å². The zero-order valence-corrected chi connectivity index (χ0v) is 77.7. The average molecular weight is 1710 g/mol. The highest BCUT2D eigenvalue weighted by atomic mass is 16.8. The number of aliphatic hydroxyl groups excluding tert-OH is 1. The number of carbonyl (C=O) groups is 16. The summed E-state index contributed by atoms with van der Waals surface area (Å²) in [5, 5.41) is 24.1. The van der Waals surface area contributed by atoms with Crippen molar-refractivity contribution < 1.29 is 106 Å². The molecule has 5 aliphatic rings. The SMILES string of the molecule is C/C=C/C[C@@H](C)[C@@H](OC(=O)OCOC(=O)/C=C/C(=O)OCC(=O)[C@@]1(O)CCC2C3CCC4=CC(=O)C=C[C@]4(C)C3[C@@H](O)C[C@@]21C)[C@@H]1C(=O)C[C@H](CC)C(=O)N(C)CC(=O)N(C)[C@@H](CC(C)C)C(=O)C[C@H](C(C)C)C(=O)N(C)[C@H](CC(C)C)C(=O)C[C@H](C)C(=O)C[C@@H](C)C(=O)N(C)[C@H](CC(C)C)C(=O)N(C)[C@H](CC(C)C)C(=O)N(C)[C@H](C(C)C)C(=O)N1C. The second-order valence-electron chi connectivity index (χ2n) is 38.4. The molecule has 2 N–H and O–H groups in total. The third-order valence-electron chi connectivity index (χ3n) is 26.7. The highest BCUT2D eigenvalue weighted by Gasteiger charge is 2.68. The standard InChI is InChI=1S/C93H145N7O22/c1-27-29-30-58(15)83(122-90(117)121-51-120-79(110)34-33-78(109)119-50-76(107)93(118)38-36-66-64-32-31-62-46-63(101)35-37-91(62,18)80(64)75(106)48-92(66,93)19)82-74(105)45-61(28-2)85(112)94(20)49-77(108)95(21)67(39-52(3)4)73(104)47-65(56(11)12)86(113)96(22)68(40-53(5)6)72(103)43-59(16)71(102)44-60(17)84(111)97(23)69(41-54(7)8)87(114)98(24)70(42-55(9)10)88(115)99(25)81(57(13)14)89(116)100(82)26/h27,29,33-35,37,46,52-61,64-70,75,80-83,106,118H,28,30-32,36,38-45,47-51H2,1-26H3/b29-27+,34-33+/t58-,59+,60-,61+,64?,65-,66?,67+,68-,69-,70-,75+,80?,81-,82+,83-,91+,92+,93+/m1/s1. The van der Waals surface area contributed by atoms with E-state index in [2.05, 4.69) is 0 Å². The molecule has 3 unspecified atom stereocenters.